The molecule has 0 bridgehead atoms. The molecular formula is C29H22F4N6O2S2. The molecule has 14 heteroatoms. The number of halogens is 4. The maximum absolute atomic E-state index is 14.6. The Kier molecular flexibility index (Phi) is 6.66. The molecule has 1 aliphatic carbocycles. The Morgan fingerprint density at radius 1 is 1.16 bits per heavy atom. The number of amides is 1. The number of aromatic nitrogens is 2. The number of benzene rings is 2. The van der Waals surface area contributed by atoms with Crippen LogP contribution >= 0.6 is 23.1 Å². The number of Topliss-reactive ketones (excluding diaryl/α,β-unsaturated/α-hetero) is 1. The zero-order valence-electron chi connectivity index (χ0n) is 22.7. The van der Waals surface area contributed by atoms with E-state index in [4.69, 9.17) is 5.73 Å². The van der Waals surface area contributed by atoms with Crippen LogP contribution in [-0.2, 0) is 26.9 Å². The number of thioether (sulfide) groups is 1. The molecule has 0 fully saturated rings. The van der Waals surface area contributed by atoms with Gasteiger partial charge in [0.25, 0.3) is 0 Å². The second-order valence-corrected chi connectivity index (χ2v) is 13.4. The molecule has 3 N–H and O–H groups in total. The first-order valence-electron chi connectivity index (χ1n) is 13.0. The Balaban J connectivity index is 1.45. The maximum atomic E-state index is 14.6. The molecule has 0 saturated heterocycles. The van der Waals surface area contributed by atoms with Crippen LogP contribution in [0.4, 0.5) is 28.4 Å². The summed E-state index contributed by atoms with van der Waals surface area (Å²) in [4.78, 5) is 29.1. The summed E-state index contributed by atoms with van der Waals surface area (Å²) in [5.74, 6) is -1.68. The summed E-state index contributed by atoms with van der Waals surface area (Å²) in [6.07, 6.45) is -4.12. The lowest BCUT2D eigenvalue weighted by atomic mass is 9.61. The Morgan fingerprint density at radius 2 is 1.93 bits per heavy atom. The molecule has 3 heterocycles. The monoisotopic (exact) mass is 626 g/mol. The molecule has 3 aromatic rings. The summed E-state index contributed by atoms with van der Waals surface area (Å²) in [5.41, 5.74) is 4.38. The molecular weight excluding hydrogens is 604 g/mol. The maximum Gasteiger partial charge on any atom is 0.416 e. The van der Waals surface area contributed by atoms with E-state index in [1.165, 1.54) is 34.9 Å². The lowest BCUT2D eigenvalue weighted by Crippen LogP contribution is -2.52. The highest BCUT2D eigenvalue weighted by atomic mass is 32.2. The number of hydrogen-bond donors (Lipinski definition) is 2. The number of nitrogens with two attached hydrogens (primary N) is 1. The van der Waals surface area contributed by atoms with Crippen molar-refractivity contribution in [2.75, 3.05) is 10.2 Å². The van der Waals surface area contributed by atoms with E-state index in [1.54, 1.807) is 6.07 Å². The Hall–Kier alpha value is -4.22. The molecule has 6 rings (SSSR count). The molecule has 0 unspecified atom stereocenters. The number of ketones is 1. The van der Waals surface area contributed by atoms with Gasteiger partial charge in [0.1, 0.15) is 23.1 Å². The van der Waals surface area contributed by atoms with Gasteiger partial charge in [-0.3, -0.25) is 14.5 Å². The topological polar surface area (TPSA) is 125 Å². The van der Waals surface area contributed by atoms with Gasteiger partial charge in [-0.15, -0.1) is 10.2 Å². The molecule has 220 valence electrons. The third kappa shape index (κ3) is 4.58. The van der Waals surface area contributed by atoms with Crippen molar-refractivity contribution >= 4 is 45.6 Å². The first-order valence-corrected chi connectivity index (χ1v) is 14.8. The highest BCUT2D eigenvalue weighted by Crippen LogP contribution is 2.57. The van der Waals surface area contributed by atoms with Crippen molar-refractivity contribution in [3.05, 3.63) is 87.6 Å². The largest absolute Gasteiger partial charge is 0.416 e. The Morgan fingerprint density at radius 3 is 2.65 bits per heavy atom. The smallest absolute Gasteiger partial charge is 0.384 e. The number of nitrogens with one attached hydrogen (secondary N) is 1. The first-order chi connectivity index (χ1) is 20.3. The van der Waals surface area contributed by atoms with Gasteiger partial charge in [-0.25, -0.2) is 4.39 Å². The van der Waals surface area contributed by atoms with Gasteiger partial charge in [0.05, 0.1) is 11.1 Å². The first kappa shape index (κ1) is 28.9. The summed E-state index contributed by atoms with van der Waals surface area (Å²) in [6, 6.07) is 10.7. The van der Waals surface area contributed by atoms with E-state index in [0.717, 1.165) is 29.5 Å². The van der Waals surface area contributed by atoms with Crippen LogP contribution < -0.4 is 16.0 Å². The van der Waals surface area contributed by atoms with Gasteiger partial charge in [0, 0.05) is 34.7 Å². The van der Waals surface area contributed by atoms with Crippen LogP contribution in [0.15, 0.2) is 69.5 Å². The molecule has 1 spiro atoms. The van der Waals surface area contributed by atoms with Crippen molar-refractivity contribution < 1.29 is 27.2 Å². The van der Waals surface area contributed by atoms with E-state index in [9.17, 15) is 32.4 Å². The molecule has 0 radical (unpaired) electrons. The molecule has 8 nitrogen and oxygen atoms in total. The van der Waals surface area contributed by atoms with Crippen LogP contribution in [0, 0.1) is 22.6 Å². The number of nitriles is 1. The van der Waals surface area contributed by atoms with Crippen LogP contribution in [0.1, 0.15) is 43.4 Å². The number of hydrogen-bond acceptors (Lipinski definition) is 9. The van der Waals surface area contributed by atoms with Crippen LogP contribution in [0.5, 0.6) is 0 Å². The van der Waals surface area contributed by atoms with Crippen LogP contribution in [0.25, 0.3) is 0 Å². The normalized spacial score (nSPS) is 21.2. The average Bonchev–Trinajstić information content (AvgIpc) is 3.49. The van der Waals surface area contributed by atoms with E-state index >= 15 is 0 Å². The fourth-order valence-corrected chi connectivity index (χ4v) is 7.77. The van der Waals surface area contributed by atoms with Crippen molar-refractivity contribution in [2.45, 2.75) is 48.4 Å². The second kappa shape index (κ2) is 9.92. The van der Waals surface area contributed by atoms with E-state index in [1.807, 2.05) is 19.9 Å². The Labute approximate surface area is 251 Å². The van der Waals surface area contributed by atoms with Crippen molar-refractivity contribution in [2.24, 2.45) is 11.1 Å². The molecule has 1 atom stereocenters. The number of carbonyl (C=O) groups is 2. The second-order valence-electron chi connectivity index (χ2n) is 11.2. The summed E-state index contributed by atoms with van der Waals surface area (Å²) < 4.78 is 54.4. The summed E-state index contributed by atoms with van der Waals surface area (Å²) in [5, 5.41) is 21.7. The standard InChI is InChI=1S/C29H22F4N6O2S2/c1-27(2)10-20-22(21(40)11-27)28(17-9-16(30)6-7-19(17)36-24(28)41)18(12-34)23(35)39(20)25-37-38-26(43-25)42-13-14-4-3-5-15(8-14)29(31,32)33/h3-9H,10-11,13,35H2,1-2H3,(H,36,41)/t28-/m0/s1. The third-order valence-corrected chi connectivity index (χ3v) is 9.77. The molecule has 2 aliphatic heterocycles. The highest BCUT2D eigenvalue weighted by molar-refractivity contribution is 8.00. The van der Waals surface area contributed by atoms with Crippen molar-refractivity contribution in [1.82, 2.24) is 10.2 Å². The van der Waals surface area contributed by atoms with Crippen LogP contribution in [0.3, 0.4) is 0 Å². The highest BCUT2D eigenvalue weighted by Gasteiger charge is 2.61. The number of nitrogens with zero attached hydrogens (tertiary/aromatic N) is 4. The van der Waals surface area contributed by atoms with Crippen LogP contribution in [-0.4, -0.2) is 21.9 Å². The van der Waals surface area contributed by atoms with Gasteiger partial charge >= 0.3 is 6.18 Å². The minimum Gasteiger partial charge on any atom is -0.384 e. The molecule has 0 saturated carbocycles. The van der Waals surface area contributed by atoms with E-state index < -0.39 is 34.3 Å². The van der Waals surface area contributed by atoms with Crippen molar-refractivity contribution in [3.8, 4) is 6.07 Å². The number of alkyl halides is 3. The van der Waals surface area contributed by atoms with Crippen LogP contribution in [0.2, 0.25) is 0 Å². The van der Waals surface area contributed by atoms with Gasteiger partial charge in [-0.05, 0) is 41.7 Å². The minimum atomic E-state index is -4.47. The molecule has 1 amide bonds. The summed E-state index contributed by atoms with van der Waals surface area (Å²) >= 11 is 2.24. The number of fused-ring (bicyclic) bond motifs is 3. The fraction of sp³-hybridized carbons (Fsp3) is 0.276. The van der Waals surface area contributed by atoms with Crippen molar-refractivity contribution in [3.63, 3.8) is 0 Å². The summed E-state index contributed by atoms with van der Waals surface area (Å²) in [7, 11) is 0. The quantitative estimate of drug-likeness (QED) is 0.266. The lowest BCUT2D eigenvalue weighted by Gasteiger charge is -2.45. The van der Waals surface area contributed by atoms with Crippen molar-refractivity contribution in [1.29, 1.82) is 5.26 Å². The number of carbonyl (C=O) groups excluding carboxylic acids is 2. The number of rotatable bonds is 4. The Bertz CT molecular complexity index is 1820. The molecule has 2 aromatic carbocycles. The van der Waals surface area contributed by atoms with Gasteiger partial charge < -0.3 is 11.1 Å². The van der Waals surface area contributed by atoms with E-state index in [2.05, 4.69) is 15.5 Å². The zero-order chi connectivity index (χ0) is 30.9. The number of anilines is 2. The summed E-state index contributed by atoms with van der Waals surface area (Å²) in [6.45, 7) is 3.77. The molecule has 3 aliphatic rings. The average molecular weight is 627 g/mol. The van der Waals surface area contributed by atoms with E-state index in [-0.39, 0.29) is 57.7 Å². The van der Waals surface area contributed by atoms with Gasteiger partial charge in [-0.2, -0.15) is 18.4 Å². The fourth-order valence-electron chi connectivity index (χ4n) is 5.94. The van der Waals surface area contributed by atoms with E-state index in [0.29, 0.717) is 15.6 Å². The zero-order valence-corrected chi connectivity index (χ0v) is 24.3. The third-order valence-electron chi connectivity index (χ3n) is 7.66. The van der Waals surface area contributed by atoms with Gasteiger partial charge in [0.15, 0.2) is 10.1 Å². The minimum absolute atomic E-state index is 0.0350. The molecule has 1 aromatic heterocycles. The predicted molar refractivity (Wildman–Crippen MR) is 152 cm³/mol. The number of allylic oxidation sites excluding steroid dienone is 1. The van der Waals surface area contributed by atoms with Gasteiger partial charge in [0.2, 0.25) is 11.0 Å². The SMILES string of the molecule is CC1(C)CC(=O)C2=C(C1)N(c1nnc(SCc3cccc(C(F)(F)F)c3)s1)C(N)=C(C#N)[C@]21C(=O)Nc2ccc(F)cc21. The lowest BCUT2D eigenvalue weighted by molar-refractivity contribution is -0.137. The van der Waals surface area contributed by atoms with Gasteiger partial charge in [-0.1, -0.05) is 55.1 Å². The predicted octanol–water partition coefficient (Wildman–Crippen LogP) is 6.04. The molecule has 43 heavy (non-hydrogen) atoms.